The molecule has 13 heavy (non-hydrogen) atoms. The number of thioether (sulfide) groups is 1. The summed E-state index contributed by atoms with van der Waals surface area (Å²) in [4.78, 5) is 0.972. The summed E-state index contributed by atoms with van der Waals surface area (Å²) in [6.07, 6.45) is -0.719. The van der Waals surface area contributed by atoms with Crippen molar-refractivity contribution in [1.29, 1.82) is 0 Å². The lowest BCUT2D eigenvalue weighted by molar-refractivity contribution is 0.420. The molecule has 0 saturated carbocycles. The van der Waals surface area contributed by atoms with Crippen LogP contribution >= 0.6 is 27.7 Å². The van der Waals surface area contributed by atoms with Crippen molar-refractivity contribution in [3.05, 3.63) is 40.9 Å². The average Bonchev–Trinajstić information content (AvgIpc) is 2.08. The summed E-state index contributed by atoms with van der Waals surface area (Å²) in [5.41, 5.74) is 0. The Kier molecular flexibility index (Phi) is 4.45. The minimum atomic E-state index is -1.63. The van der Waals surface area contributed by atoms with E-state index in [0.29, 0.717) is 5.75 Å². The highest BCUT2D eigenvalue weighted by atomic mass is 79.9. The van der Waals surface area contributed by atoms with E-state index in [1.807, 2.05) is 24.3 Å². The van der Waals surface area contributed by atoms with E-state index in [4.69, 9.17) is 0 Å². The molecule has 0 N–H and O–H groups in total. The normalized spacial score (nSPS) is 9.77. The van der Waals surface area contributed by atoms with Crippen molar-refractivity contribution < 1.29 is 8.78 Å². The first-order valence-corrected chi connectivity index (χ1v) is 5.36. The van der Waals surface area contributed by atoms with Crippen LogP contribution in [0.3, 0.4) is 0 Å². The molecule has 0 aromatic heterocycles. The Labute approximate surface area is 88.2 Å². The molecule has 0 heterocycles. The number of hydrogen-bond donors (Lipinski definition) is 0. The lowest BCUT2D eigenvalue weighted by Gasteiger charge is -1.99. The van der Waals surface area contributed by atoms with Gasteiger partial charge in [0, 0.05) is 15.1 Å². The van der Waals surface area contributed by atoms with Crippen LogP contribution in [0.1, 0.15) is 0 Å². The maximum Gasteiger partial charge on any atom is 0.267 e. The van der Waals surface area contributed by atoms with E-state index in [2.05, 4.69) is 15.9 Å². The maximum absolute atomic E-state index is 11.7. The van der Waals surface area contributed by atoms with E-state index in [1.54, 1.807) is 0 Å². The van der Waals surface area contributed by atoms with Crippen molar-refractivity contribution in [2.24, 2.45) is 0 Å². The first-order chi connectivity index (χ1) is 6.20. The molecular formula is C9H7BrF2S. The standard InChI is InChI=1S/C9H7BrF2S/c10-7-3-1-2-4-8(7)13-6-5-9(11)12/h1-5H,6H2. The van der Waals surface area contributed by atoms with Gasteiger partial charge in [0.15, 0.2) is 0 Å². The van der Waals surface area contributed by atoms with Gasteiger partial charge in [0.2, 0.25) is 0 Å². The van der Waals surface area contributed by atoms with Crippen molar-refractivity contribution in [3.63, 3.8) is 0 Å². The minimum absolute atomic E-state index is 0.297. The van der Waals surface area contributed by atoms with Crippen molar-refractivity contribution in [2.75, 3.05) is 5.75 Å². The molecule has 4 heteroatoms. The van der Waals surface area contributed by atoms with Crippen LogP contribution in [-0.2, 0) is 0 Å². The van der Waals surface area contributed by atoms with Gasteiger partial charge in [0.25, 0.3) is 6.08 Å². The molecular weight excluding hydrogens is 258 g/mol. The molecule has 0 nitrogen and oxygen atoms in total. The molecule has 0 bridgehead atoms. The van der Waals surface area contributed by atoms with Crippen molar-refractivity contribution in [2.45, 2.75) is 4.90 Å². The van der Waals surface area contributed by atoms with Gasteiger partial charge in [-0.3, -0.25) is 0 Å². The number of rotatable bonds is 3. The fourth-order valence-electron chi connectivity index (χ4n) is 0.756. The predicted molar refractivity (Wildman–Crippen MR) is 55.2 cm³/mol. The quantitative estimate of drug-likeness (QED) is 0.733. The van der Waals surface area contributed by atoms with Crippen LogP contribution in [0.15, 0.2) is 45.8 Å². The number of hydrogen-bond acceptors (Lipinski definition) is 1. The molecule has 0 spiro atoms. The summed E-state index contributed by atoms with van der Waals surface area (Å²) in [6, 6.07) is 7.54. The molecule has 1 aromatic rings. The second-order valence-electron chi connectivity index (χ2n) is 2.24. The Balaban J connectivity index is 2.55. The average molecular weight is 265 g/mol. The van der Waals surface area contributed by atoms with E-state index < -0.39 is 6.08 Å². The van der Waals surface area contributed by atoms with Gasteiger partial charge in [-0.1, -0.05) is 12.1 Å². The Morgan fingerprint density at radius 1 is 1.38 bits per heavy atom. The van der Waals surface area contributed by atoms with Gasteiger partial charge in [-0.05, 0) is 34.1 Å². The van der Waals surface area contributed by atoms with Gasteiger partial charge in [0.1, 0.15) is 0 Å². The van der Waals surface area contributed by atoms with Crippen LogP contribution in [-0.4, -0.2) is 5.75 Å². The van der Waals surface area contributed by atoms with E-state index in [9.17, 15) is 8.78 Å². The smallest absolute Gasteiger partial charge is 0.174 e. The number of halogens is 3. The fraction of sp³-hybridized carbons (Fsp3) is 0.111. The second kappa shape index (κ2) is 5.40. The summed E-state index contributed by atoms with van der Waals surface area (Å²) >= 11 is 4.71. The third-order valence-electron chi connectivity index (χ3n) is 1.31. The zero-order valence-electron chi connectivity index (χ0n) is 6.64. The first kappa shape index (κ1) is 10.7. The Morgan fingerprint density at radius 3 is 2.69 bits per heavy atom. The lowest BCUT2D eigenvalue weighted by Crippen LogP contribution is -1.76. The monoisotopic (exact) mass is 264 g/mol. The summed E-state index contributed by atoms with van der Waals surface area (Å²) in [5.74, 6) is 0.297. The molecule has 0 aliphatic rings. The molecule has 0 aliphatic carbocycles. The van der Waals surface area contributed by atoms with E-state index in [0.717, 1.165) is 15.4 Å². The Bertz CT molecular complexity index is 308. The molecule has 0 aliphatic heterocycles. The van der Waals surface area contributed by atoms with Crippen LogP contribution in [0, 0.1) is 0 Å². The van der Waals surface area contributed by atoms with Gasteiger partial charge in [-0.2, -0.15) is 8.78 Å². The highest BCUT2D eigenvalue weighted by Crippen LogP contribution is 2.27. The molecule has 0 amide bonds. The van der Waals surface area contributed by atoms with Crippen LogP contribution in [0.5, 0.6) is 0 Å². The molecule has 1 aromatic carbocycles. The van der Waals surface area contributed by atoms with Crippen molar-refractivity contribution in [3.8, 4) is 0 Å². The summed E-state index contributed by atoms with van der Waals surface area (Å²) in [7, 11) is 0. The molecule has 0 atom stereocenters. The SMILES string of the molecule is FC(F)=CCSc1ccccc1Br. The molecule has 0 radical (unpaired) electrons. The summed E-state index contributed by atoms with van der Waals surface area (Å²) in [5, 5.41) is 0. The van der Waals surface area contributed by atoms with E-state index in [1.165, 1.54) is 11.8 Å². The van der Waals surface area contributed by atoms with Crippen LogP contribution in [0.2, 0.25) is 0 Å². The minimum Gasteiger partial charge on any atom is -0.174 e. The zero-order chi connectivity index (χ0) is 9.68. The van der Waals surface area contributed by atoms with Crippen molar-refractivity contribution in [1.82, 2.24) is 0 Å². The van der Waals surface area contributed by atoms with Gasteiger partial charge < -0.3 is 0 Å². The molecule has 0 saturated heterocycles. The van der Waals surface area contributed by atoms with Crippen LogP contribution in [0.4, 0.5) is 8.78 Å². The fourth-order valence-corrected chi connectivity index (χ4v) is 2.15. The predicted octanol–water partition coefficient (Wildman–Crippen LogP) is 4.32. The lowest BCUT2D eigenvalue weighted by atomic mass is 10.4. The van der Waals surface area contributed by atoms with E-state index in [-0.39, 0.29) is 0 Å². The number of benzene rings is 1. The summed E-state index contributed by atoms with van der Waals surface area (Å²) in [6.45, 7) is 0. The van der Waals surface area contributed by atoms with Crippen LogP contribution < -0.4 is 0 Å². The summed E-state index contributed by atoms with van der Waals surface area (Å²) < 4.78 is 24.3. The zero-order valence-corrected chi connectivity index (χ0v) is 9.04. The Morgan fingerprint density at radius 2 is 2.08 bits per heavy atom. The van der Waals surface area contributed by atoms with Crippen LogP contribution in [0.25, 0.3) is 0 Å². The molecule has 70 valence electrons. The molecule has 1 rings (SSSR count). The largest absolute Gasteiger partial charge is 0.267 e. The topological polar surface area (TPSA) is 0 Å². The highest BCUT2D eigenvalue weighted by Gasteiger charge is 1.97. The third kappa shape index (κ3) is 3.91. The molecule has 0 fully saturated rings. The van der Waals surface area contributed by atoms with Gasteiger partial charge in [-0.15, -0.1) is 11.8 Å². The van der Waals surface area contributed by atoms with E-state index >= 15 is 0 Å². The van der Waals surface area contributed by atoms with Gasteiger partial charge in [-0.25, -0.2) is 0 Å². The second-order valence-corrected chi connectivity index (χ2v) is 4.15. The Hall–Kier alpha value is -0.350. The molecule has 0 unspecified atom stereocenters. The van der Waals surface area contributed by atoms with Gasteiger partial charge >= 0.3 is 0 Å². The highest BCUT2D eigenvalue weighted by molar-refractivity contribution is 9.10. The van der Waals surface area contributed by atoms with Crippen molar-refractivity contribution >= 4 is 27.7 Å². The van der Waals surface area contributed by atoms with Gasteiger partial charge in [0.05, 0.1) is 0 Å². The third-order valence-corrected chi connectivity index (χ3v) is 3.27. The maximum atomic E-state index is 11.7. The first-order valence-electron chi connectivity index (χ1n) is 3.58.